The Labute approximate surface area is 561 Å². The van der Waals surface area contributed by atoms with Crippen LogP contribution in [0.15, 0.2) is 36.5 Å². The van der Waals surface area contributed by atoms with Crippen LogP contribution in [0.4, 0.5) is 0 Å². The maximum absolute atomic E-state index is 13.4. The number of rotatable bonds is 59. The lowest BCUT2D eigenvalue weighted by atomic mass is 9.96. The first kappa shape index (κ1) is 85.2. The zero-order valence-corrected chi connectivity index (χ0v) is 58.0. The molecule has 3 rings (SSSR count). The molecule has 1 amide bonds. The van der Waals surface area contributed by atoms with E-state index in [0.717, 1.165) is 51.4 Å². The number of nitrogens with one attached hydrogen (secondary N) is 1. The lowest BCUT2D eigenvalue weighted by Gasteiger charge is -2.48. The molecule has 3 saturated heterocycles. The van der Waals surface area contributed by atoms with Crippen LogP contribution in [-0.4, -0.2) is 193 Å². The molecular weight excluding hydrogens is 1190 g/mol. The summed E-state index contributed by atoms with van der Waals surface area (Å²) in [6.07, 6.45) is 40.1. The number of hydrogen-bond acceptors (Lipinski definition) is 18. The molecule has 19 nitrogen and oxygen atoms in total. The SMILES string of the molecule is CCCCCCC/C=C\C/C=C\CCCCCCCCCCCCCCCCCCCCCCCCCC(=O)NC(COC1OC(CO)C(OC2OC(CO)C(OC3OC(CO)C(O)C(O)C3O)C(O)C2O)C(O)C1O)C(O)/C=C/CCCCCCCCCCCCC. The third-order valence-corrected chi connectivity index (χ3v) is 18.9. The Balaban J connectivity index is 1.32. The predicted molar refractivity (Wildman–Crippen MR) is 365 cm³/mol. The molecule has 0 aromatic rings. The Morgan fingerprint density at radius 3 is 1.10 bits per heavy atom. The van der Waals surface area contributed by atoms with Crippen LogP contribution in [0.1, 0.15) is 296 Å². The van der Waals surface area contributed by atoms with Crippen molar-refractivity contribution in [3.63, 3.8) is 0 Å². The van der Waals surface area contributed by atoms with Crippen molar-refractivity contribution in [2.45, 2.75) is 401 Å². The van der Waals surface area contributed by atoms with Crippen molar-refractivity contribution in [3.05, 3.63) is 36.5 Å². The molecule has 0 spiro atoms. The van der Waals surface area contributed by atoms with E-state index >= 15 is 0 Å². The van der Waals surface area contributed by atoms with Crippen LogP contribution in [-0.2, 0) is 33.2 Å². The van der Waals surface area contributed by atoms with Crippen molar-refractivity contribution in [1.29, 1.82) is 0 Å². The van der Waals surface area contributed by atoms with Gasteiger partial charge in [0.15, 0.2) is 18.9 Å². The number of allylic oxidation sites excluding steroid dienone is 5. The van der Waals surface area contributed by atoms with Gasteiger partial charge < -0.3 is 89.9 Å². The molecule has 3 aliphatic heterocycles. The molecule has 0 saturated carbocycles. The summed E-state index contributed by atoms with van der Waals surface area (Å²) in [5.41, 5.74) is 0. The zero-order chi connectivity index (χ0) is 67.5. The summed E-state index contributed by atoms with van der Waals surface area (Å²) in [4.78, 5) is 13.4. The van der Waals surface area contributed by atoms with Crippen LogP contribution < -0.4 is 5.32 Å². The number of ether oxygens (including phenoxy) is 6. The second-order valence-electron chi connectivity index (χ2n) is 27.1. The third kappa shape index (κ3) is 37.1. The predicted octanol–water partition coefficient (Wildman–Crippen LogP) is 11.2. The highest BCUT2D eigenvalue weighted by Gasteiger charge is 2.53. The average Bonchev–Trinajstić information content (AvgIpc) is 0.842. The molecule has 0 aromatic carbocycles. The van der Waals surface area contributed by atoms with E-state index in [1.165, 1.54) is 218 Å². The molecule has 3 heterocycles. The van der Waals surface area contributed by atoms with Crippen molar-refractivity contribution in [2.24, 2.45) is 0 Å². The Kier molecular flexibility index (Phi) is 51.2. The molecule has 17 atom stereocenters. The van der Waals surface area contributed by atoms with Crippen molar-refractivity contribution in [1.82, 2.24) is 5.32 Å². The third-order valence-electron chi connectivity index (χ3n) is 18.9. The highest BCUT2D eigenvalue weighted by molar-refractivity contribution is 5.76. The summed E-state index contributed by atoms with van der Waals surface area (Å²) in [6.45, 7) is 1.74. The molecule has 0 aliphatic carbocycles. The fourth-order valence-corrected chi connectivity index (χ4v) is 12.8. The van der Waals surface area contributed by atoms with E-state index < -0.39 is 124 Å². The van der Waals surface area contributed by atoms with Gasteiger partial charge in [0.25, 0.3) is 0 Å². The molecule has 93 heavy (non-hydrogen) atoms. The van der Waals surface area contributed by atoms with Crippen molar-refractivity contribution >= 4 is 5.91 Å². The quantitative estimate of drug-likeness (QED) is 0.0199. The average molecular weight is 1330 g/mol. The fourth-order valence-electron chi connectivity index (χ4n) is 12.8. The van der Waals surface area contributed by atoms with Crippen molar-refractivity contribution in [3.8, 4) is 0 Å². The minimum absolute atomic E-state index is 0.247. The number of amides is 1. The van der Waals surface area contributed by atoms with Crippen LogP contribution in [0.25, 0.3) is 0 Å². The van der Waals surface area contributed by atoms with E-state index in [1.807, 2.05) is 6.08 Å². The molecule has 3 aliphatic rings. The minimum atomic E-state index is -1.98. The minimum Gasteiger partial charge on any atom is -0.394 e. The Morgan fingerprint density at radius 1 is 0.387 bits per heavy atom. The molecule has 12 N–H and O–H groups in total. The van der Waals surface area contributed by atoms with Gasteiger partial charge in [-0.1, -0.05) is 275 Å². The molecule has 3 fully saturated rings. The standard InChI is InChI=1S/C74H137NO18/c1-3-5-7-9-11-13-15-17-18-19-20-21-22-23-24-25-26-27-28-29-30-31-32-33-34-35-36-37-38-40-42-44-46-48-50-52-62(80)75-57(58(79)51-49-47-45-43-41-39-16-14-12-10-8-6-4-2)56-88-72-68(86)65(83)70(60(54-77)90-72)93-74-69(87)66(84)71(61(55-78)91-74)92-73-67(85)64(82)63(81)59(53-76)89-73/h15,17,19-20,49,51,57-61,63-74,76-79,81-87H,3-14,16,18,21-48,50,52-56H2,1-2H3,(H,75,80)/b17-15-,20-19-,51-49+. The molecule has 0 aromatic heterocycles. The van der Waals surface area contributed by atoms with E-state index in [1.54, 1.807) is 6.08 Å². The van der Waals surface area contributed by atoms with E-state index in [9.17, 15) is 61.0 Å². The molecule has 546 valence electrons. The molecule has 0 radical (unpaired) electrons. The number of aliphatic hydroxyl groups excluding tert-OH is 11. The van der Waals surface area contributed by atoms with Gasteiger partial charge >= 0.3 is 0 Å². The van der Waals surface area contributed by atoms with Crippen LogP contribution in [0.5, 0.6) is 0 Å². The van der Waals surface area contributed by atoms with Crippen molar-refractivity contribution in [2.75, 3.05) is 26.4 Å². The maximum Gasteiger partial charge on any atom is 0.220 e. The van der Waals surface area contributed by atoms with Gasteiger partial charge in [0.05, 0.1) is 38.6 Å². The monoisotopic (exact) mass is 1330 g/mol. The fraction of sp³-hybridized carbons (Fsp3) is 0.905. The maximum atomic E-state index is 13.4. The van der Waals surface area contributed by atoms with Crippen LogP contribution in [0.3, 0.4) is 0 Å². The summed E-state index contributed by atoms with van der Waals surface area (Å²) >= 11 is 0. The first-order chi connectivity index (χ1) is 45.3. The van der Waals surface area contributed by atoms with Crippen molar-refractivity contribution < 1.29 is 89.4 Å². The van der Waals surface area contributed by atoms with Gasteiger partial charge in [-0.15, -0.1) is 0 Å². The lowest BCUT2D eigenvalue weighted by molar-refractivity contribution is -0.379. The van der Waals surface area contributed by atoms with E-state index in [4.69, 9.17) is 28.4 Å². The van der Waals surface area contributed by atoms with Gasteiger partial charge in [-0.05, 0) is 51.4 Å². The van der Waals surface area contributed by atoms with Crippen LogP contribution in [0.2, 0.25) is 0 Å². The topological polar surface area (TPSA) is 307 Å². The second kappa shape index (κ2) is 55.8. The zero-order valence-electron chi connectivity index (χ0n) is 58.0. The summed E-state index contributed by atoms with van der Waals surface area (Å²) in [5, 5.41) is 120. The summed E-state index contributed by atoms with van der Waals surface area (Å²) < 4.78 is 34.3. The first-order valence-corrected chi connectivity index (χ1v) is 37.7. The number of hydrogen-bond donors (Lipinski definition) is 12. The summed E-state index contributed by atoms with van der Waals surface area (Å²) in [7, 11) is 0. The van der Waals surface area contributed by atoms with Gasteiger partial charge in [-0.2, -0.15) is 0 Å². The summed E-state index contributed by atoms with van der Waals surface area (Å²) in [6, 6.07) is -0.970. The Hall–Kier alpha value is -1.99. The van der Waals surface area contributed by atoms with Gasteiger partial charge in [-0.3, -0.25) is 4.79 Å². The molecule has 17 unspecified atom stereocenters. The largest absolute Gasteiger partial charge is 0.394 e. The highest BCUT2D eigenvalue weighted by atomic mass is 16.8. The Morgan fingerprint density at radius 2 is 0.710 bits per heavy atom. The van der Waals surface area contributed by atoms with Gasteiger partial charge in [-0.25, -0.2) is 0 Å². The van der Waals surface area contributed by atoms with Crippen LogP contribution in [0, 0.1) is 0 Å². The van der Waals surface area contributed by atoms with E-state index in [-0.39, 0.29) is 18.9 Å². The molecule has 19 heteroatoms. The van der Waals surface area contributed by atoms with E-state index in [2.05, 4.69) is 43.5 Å². The van der Waals surface area contributed by atoms with Gasteiger partial charge in [0.2, 0.25) is 5.91 Å². The van der Waals surface area contributed by atoms with Gasteiger partial charge in [0.1, 0.15) is 73.2 Å². The normalized spacial score (nSPS) is 27.7. The Bertz CT molecular complexity index is 1830. The highest BCUT2D eigenvalue weighted by Crippen LogP contribution is 2.33. The smallest absolute Gasteiger partial charge is 0.220 e. The first-order valence-electron chi connectivity index (χ1n) is 37.7. The number of aliphatic hydroxyl groups is 11. The van der Waals surface area contributed by atoms with Gasteiger partial charge in [0, 0.05) is 6.42 Å². The van der Waals surface area contributed by atoms with E-state index in [0.29, 0.717) is 6.42 Å². The lowest BCUT2D eigenvalue weighted by Crippen LogP contribution is -2.66. The molecule has 0 bridgehead atoms. The number of carbonyl (C=O) groups is 1. The number of carbonyl (C=O) groups excluding carboxylic acids is 1. The molecular formula is C74H137NO18. The number of unbranched alkanes of at least 4 members (excludes halogenated alkanes) is 39. The second-order valence-corrected chi connectivity index (χ2v) is 27.1. The van der Waals surface area contributed by atoms with Crippen LogP contribution >= 0.6 is 0 Å². The summed E-state index contributed by atoms with van der Waals surface area (Å²) in [5.74, 6) is -0.271.